The average Bonchev–Trinajstić information content (AvgIpc) is 2.46. The highest BCUT2D eigenvalue weighted by Gasteiger charge is 2.29. The van der Waals surface area contributed by atoms with Crippen molar-refractivity contribution in [2.24, 2.45) is 0 Å². The normalized spacial score (nSPS) is 22.0. The van der Waals surface area contributed by atoms with Crippen molar-refractivity contribution >= 4 is 6.09 Å². The Morgan fingerprint density at radius 2 is 1.95 bits per heavy atom. The summed E-state index contributed by atoms with van der Waals surface area (Å²) in [7, 11) is 1.65. The summed E-state index contributed by atoms with van der Waals surface area (Å²) in [4.78, 5) is 12.0. The number of carbonyl (C=O) groups is 1. The van der Waals surface area contributed by atoms with Crippen LogP contribution in [0.3, 0.4) is 0 Å². The third-order valence-electron chi connectivity index (χ3n) is 3.64. The van der Waals surface area contributed by atoms with E-state index in [0.717, 1.165) is 30.7 Å². The number of hydrogen-bond donors (Lipinski definition) is 2. The Morgan fingerprint density at radius 1 is 1.27 bits per heavy atom. The number of benzene rings is 1. The van der Waals surface area contributed by atoms with E-state index in [1.165, 1.54) is 0 Å². The van der Waals surface area contributed by atoms with Crippen molar-refractivity contribution < 1.29 is 14.3 Å². The Labute approximate surface area is 132 Å². The zero-order chi connectivity index (χ0) is 16.2. The molecule has 5 nitrogen and oxygen atoms in total. The van der Waals surface area contributed by atoms with Crippen molar-refractivity contribution in [1.82, 2.24) is 10.6 Å². The molecule has 0 aromatic heterocycles. The van der Waals surface area contributed by atoms with Crippen LogP contribution in [0.1, 0.15) is 45.2 Å². The molecule has 1 aromatic rings. The topological polar surface area (TPSA) is 59.6 Å². The van der Waals surface area contributed by atoms with Crippen molar-refractivity contribution in [2.75, 3.05) is 13.7 Å². The minimum Gasteiger partial charge on any atom is -0.497 e. The second kappa shape index (κ2) is 7.01. The molecule has 2 N–H and O–H groups in total. The lowest BCUT2D eigenvalue weighted by atomic mass is 9.92. The number of hydrogen-bond acceptors (Lipinski definition) is 4. The standard InChI is InChI=1S/C17H26N2O3/c1-17(2,3)22-16(20)19-14-6-5-11-18-15(14)12-7-9-13(21-4)10-8-12/h7-10,14-15,18H,5-6,11H2,1-4H3,(H,19,20). The molecule has 2 atom stereocenters. The summed E-state index contributed by atoms with van der Waals surface area (Å²) in [5, 5.41) is 6.48. The molecule has 1 saturated heterocycles. The van der Waals surface area contributed by atoms with Gasteiger partial charge in [0.2, 0.25) is 0 Å². The molecule has 22 heavy (non-hydrogen) atoms. The molecule has 0 bridgehead atoms. The predicted molar refractivity (Wildman–Crippen MR) is 86.1 cm³/mol. The van der Waals surface area contributed by atoms with Gasteiger partial charge in [0.1, 0.15) is 11.4 Å². The number of ether oxygens (including phenoxy) is 2. The highest BCUT2D eigenvalue weighted by molar-refractivity contribution is 5.68. The third kappa shape index (κ3) is 4.63. The van der Waals surface area contributed by atoms with E-state index < -0.39 is 5.60 Å². The van der Waals surface area contributed by atoms with E-state index >= 15 is 0 Å². The maximum absolute atomic E-state index is 12.0. The highest BCUT2D eigenvalue weighted by atomic mass is 16.6. The summed E-state index contributed by atoms with van der Waals surface area (Å²) < 4.78 is 10.6. The van der Waals surface area contributed by atoms with Crippen molar-refractivity contribution in [2.45, 2.75) is 51.3 Å². The van der Waals surface area contributed by atoms with Crippen molar-refractivity contribution in [1.29, 1.82) is 0 Å². The number of methoxy groups -OCH3 is 1. The van der Waals surface area contributed by atoms with Crippen LogP contribution in [-0.2, 0) is 4.74 Å². The monoisotopic (exact) mass is 306 g/mol. The first kappa shape index (κ1) is 16.6. The smallest absolute Gasteiger partial charge is 0.407 e. The summed E-state index contributed by atoms with van der Waals surface area (Å²) in [5.41, 5.74) is 0.656. The van der Waals surface area contributed by atoms with E-state index in [1.807, 2.05) is 45.0 Å². The van der Waals surface area contributed by atoms with Gasteiger partial charge >= 0.3 is 6.09 Å². The average molecular weight is 306 g/mol. The quantitative estimate of drug-likeness (QED) is 0.901. The fraction of sp³-hybridized carbons (Fsp3) is 0.588. The molecular formula is C17H26N2O3. The number of carbonyl (C=O) groups excluding carboxylic acids is 1. The van der Waals surface area contributed by atoms with Crippen LogP contribution in [0, 0.1) is 0 Å². The zero-order valence-corrected chi connectivity index (χ0v) is 13.8. The number of nitrogens with one attached hydrogen (secondary N) is 2. The minimum absolute atomic E-state index is 0.0250. The Kier molecular flexibility index (Phi) is 5.29. The molecule has 2 rings (SSSR count). The number of rotatable bonds is 3. The lowest BCUT2D eigenvalue weighted by Crippen LogP contribution is -2.49. The van der Waals surface area contributed by atoms with Crippen LogP contribution in [0.4, 0.5) is 4.79 Å². The molecule has 1 aliphatic rings. The molecule has 0 aliphatic carbocycles. The summed E-state index contributed by atoms with van der Waals surface area (Å²) in [6.07, 6.45) is 1.61. The zero-order valence-electron chi connectivity index (χ0n) is 13.8. The van der Waals surface area contributed by atoms with Crippen LogP contribution in [0.2, 0.25) is 0 Å². The van der Waals surface area contributed by atoms with Crippen molar-refractivity contribution in [3.8, 4) is 5.75 Å². The van der Waals surface area contributed by atoms with E-state index in [4.69, 9.17) is 9.47 Å². The minimum atomic E-state index is -0.484. The Morgan fingerprint density at radius 3 is 2.55 bits per heavy atom. The number of piperidine rings is 1. The predicted octanol–water partition coefficient (Wildman–Crippen LogP) is 3.01. The molecule has 1 amide bonds. The second-order valence-corrected chi connectivity index (χ2v) is 6.60. The van der Waals surface area contributed by atoms with E-state index in [1.54, 1.807) is 7.11 Å². The molecular weight excluding hydrogens is 280 g/mol. The van der Waals surface area contributed by atoms with Gasteiger partial charge in [0.05, 0.1) is 19.2 Å². The van der Waals surface area contributed by atoms with E-state index in [-0.39, 0.29) is 18.2 Å². The van der Waals surface area contributed by atoms with Gasteiger partial charge in [0.15, 0.2) is 0 Å². The molecule has 122 valence electrons. The van der Waals surface area contributed by atoms with Crippen LogP contribution < -0.4 is 15.4 Å². The summed E-state index contributed by atoms with van der Waals surface area (Å²) in [6.45, 7) is 6.55. The fourth-order valence-corrected chi connectivity index (χ4v) is 2.66. The fourth-order valence-electron chi connectivity index (χ4n) is 2.66. The molecule has 1 heterocycles. The van der Waals surface area contributed by atoms with Gasteiger partial charge in [0, 0.05) is 0 Å². The maximum Gasteiger partial charge on any atom is 0.407 e. The van der Waals surface area contributed by atoms with Crippen molar-refractivity contribution in [3.63, 3.8) is 0 Å². The third-order valence-corrected chi connectivity index (χ3v) is 3.64. The van der Waals surface area contributed by atoms with E-state index in [0.29, 0.717) is 0 Å². The summed E-state index contributed by atoms with van der Waals surface area (Å²) in [5.74, 6) is 0.830. The van der Waals surface area contributed by atoms with Gasteiger partial charge in [-0.05, 0) is 57.9 Å². The van der Waals surface area contributed by atoms with Crippen molar-refractivity contribution in [3.05, 3.63) is 29.8 Å². The first-order valence-electron chi connectivity index (χ1n) is 7.76. The van der Waals surface area contributed by atoms with Crippen LogP contribution in [-0.4, -0.2) is 31.4 Å². The van der Waals surface area contributed by atoms with Gasteiger partial charge < -0.3 is 20.1 Å². The van der Waals surface area contributed by atoms with E-state index in [2.05, 4.69) is 10.6 Å². The molecule has 1 aliphatic heterocycles. The Hall–Kier alpha value is -1.75. The summed E-state index contributed by atoms with van der Waals surface area (Å²) in [6, 6.07) is 8.06. The Bertz CT molecular complexity index is 494. The summed E-state index contributed by atoms with van der Waals surface area (Å²) >= 11 is 0. The SMILES string of the molecule is COc1ccc(C2NCCCC2NC(=O)OC(C)(C)C)cc1. The number of alkyl carbamates (subject to hydrolysis) is 1. The molecule has 0 spiro atoms. The van der Waals surface area contributed by atoms with Crippen LogP contribution in [0.15, 0.2) is 24.3 Å². The Balaban J connectivity index is 2.05. The highest BCUT2D eigenvalue weighted by Crippen LogP contribution is 2.25. The van der Waals surface area contributed by atoms with E-state index in [9.17, 15) is 4.79 Å². The van der Waals surface area contributed by atoms with Gasteiger partial charge in [0.25, 0.3) is 0 Å². The van der Waals surface area contributed by atoms with Gasteiger partial charge in [-0.1, -0.05) is 12.1 Å². The lowest BCUT2D eigenvalue weighted by Gasteiger charge is -2.34. The van der Waals surface area contributed by atoms with Gasteiger partial charge in [-0.15, -0.1) is 0 Å². The molecule has 0 saturated carbocycles. The van der Waals surface area contributed by atoms with Crippen LogP contribution in [0.25, 0.3) is 0 Å². The molecule has 0 radical (unpaired) electrons. The first-order valence-corrected chi connectivity index (χ1v) is 7.76. The molecule has 5 heteroatoms. The largest absolute Gasteiger partial charge is 0.497 e. The molecule has 1 aromatic carbocycles. The first-order chi connectivity index (χ1) is 10.4. The van der Waals surface area contributed by atoms with Gasteiger partial charge in [-0.3, -0.25) is 0 Å². The molecule has 1 fully saturated rings. The second-order valence-electron chi connectivity index (χ2n) is 6.60. The maximum atomic E-state index is 12.0. The van der Waals surface area contributed by atoms with Crippen LogP contribution in [0.5, 0.6) is 5.75 Å². The number of amides is 1. The lowest BCUT2D eigenvalue weighted by molar-refractivity contribution is 0.0481. The van der Waals surface area contributed by atoms with Gasteiger partial charge in [-0.25, -0.2) is 4.79 Å². The van der Waals surface area contributed by atoms with Crippen LogP contribution >= 0.6 is 0 Å². The molecule has 2 unspecified atom stereocenters. The van der Waals surface area contributed by atoms with Gasteiger partial charge in [-0.2, -0.15) is 0 Å².